The molecule has 5 nitrogen and oxygen atoms in total. The molecule has 0 saturated carbocycles. The number of nitrogens with zero attached hydrogens (tertiary/aromatic N) is 1. The third-order valence-electron chi connectivity index (χ3n) is 3.75. The Hall–Kier alpha value is -2.66. The summed E-state index contributed by atoms with van der Waals surface area (Å²) < 4.78 is 5.07. The van der Waals surface area contributed by atoms with Crippen molar-refractivity contribution in [2.45, 2.75) is 12.1 Å². The van der Waals surface area contributed by atoms with E-state index in [1.807, 2.05) is 0 Å². The summed E-state index contributed by atoms with van der Waals surface area (Å²) in [5.74, 6) is -0.0915. The zero-order valence-corrected chi connectivity index (χ0v) is 12.0. The largest absolute Gasteiger partial charge is 0.497 e. The molecule has 2 aromatic carbocycles. The predicted octanol–water partition coefficient (Wildman–Crippen LogP) is 1.65. The number of anilines is 1. The molecule has 1 heterocycles. The molecule has 5 heteroatoms. The highest BCUT2D eigenvalue weighted by atomic mass is 16.5. The molecule has 2 aromatic rings. The van der Waals surface area contributed by atoms with Crippen molar-refractivity contribution in [3.8, 4) is 5.75 Å². The molecule has 0 aromatic heterocycles. The number of hydrogen-bond acceptors (Lipinski definition) is 4. The number of aliphatic hydroxyl groups excluding tert-OH is 1. The van der Waals surface area contributed by atoms with Crippen LogP contribution in [-0.2, 0) is 4.79 Å². The fraction of sp³-hybridized carbons (Fsp3) is 0.176. The third-order valence-corrected chi connectivity index (χ3v) is 3.75. The van der Waals surface area contributed by atoms with Gasteiger partial charge in [0.05, 0.1) is 7.11 Å². The Labute approximate surface area is 127 Å². The summed E-state index contributed by atoms with van der Waals surface area (Å²) in [4.78, 5) is 25.8. The fourth-order valence-electron chi connectivity index (χ4n) is 2.54. The van der Waals surface area contributed by atoms with Crippen molar-refractivity contribution in [2.24, 2.45) is 0 Å². The van der Waals surface area contributed by atoms with Crippen LogP contribution < -0.4 is 9.64 Å². The topological polar surface area (TPSA) is 66.8 Å². The van der Waals surface area contributed by atoms with E-state index >= 15 is 0 Å². The van der Waals surface area contributed by atoms with Crippen LogP contribution in [0.2, 0.25) is 0 Å². The minimum absolute atomic E-state index is 0.275. The van der Waals surface area contributed by atoms with Crippen LogP contribution in [0.1, 0.15) is 10.4 Å². The average molecular weight is 297 g/mol. The Balaban J connectivity index is 1.89. The Morgan fingerprint density at radius 2 is 1.73 bits per heavy atom. The number of ketones is 1. The van der Waals surface area contributed by atoms with Gasteiger partial charge in [-0.3, -0.25) is 14.5 Å². The molecule has 0 spiro atoms. The summed E-state index contributed by atoms with van der Waals surface area (Å²) >= 11 is 0. The van der Waals surface area contributed by atoms with Crippen LogP contribution in [0, 0.1) is 0 Å². The molecule has 3 rings (SSSR count). The summed E-state index contributed by atoms with van der Waals surface area (Å²) in [6.45, 7) is 0. The first kappa shape index (κ1) is 14.3. The lowest BCUT2D eigenvalue weighted by atomic mass is 9.89. The van der Waals surface area contributed by atoms with Gasteiger partial charge in [0.25, 0.3) is 5.91 Å². The normalized spacial score (nSPS) is 20.5. The Morgan fingerprint density at radius 1 is 1.09 bits per heavy atom. The minimum Gasteiger partial charge on any atom is -0.497 e. The molecule has 0 bridgehead atoms. The van der Waals surface area contributed by atoms with Gasteiger partial charge >= 0.3 is 0 Å². The van der Waals surface area contributed by atoms with E-state index in [1.54, 1.807) is 61.7 Å². The lowest BCUT2D eigenvalue weighted by Gasteiger charge is -2.43. The van der Waals surface area contributed by atoms with Crippen LogP contribution in [0.25, 0.3) is 0 Å². The van der Waals surface area contributed by atoms with Gasteiger partial charge in [0.1, 0.15) is 11.8 Å². The molecule has 0 radical (unpaired) electrons. The lowest BCUT2D eigenvalue weighted by Crippen LogP contribution is -2.68. The summed E-state index contributed by atoms with van der Waals surface area (Å²) in [6.07, 6.45) is -1.30. The first-order valence-corrected chi connectivity index (χ1v) is 6.88. The molecule has 1 aliphatic rings. The van der Waals surface area contributed by atoms with Gasteiger partial charge in [-0.25, -0.2) is 0 Å². The summed E-state index contributed by atoms with van der Waals surface area (Å²) in [5.41, 5.74) is 1.03. The number of methoxy groups -OCH3 is 1. The third kappa shape index (κ3) is 2.25. The number of amides is 1. The Kier molecular flexibility index (Phi) is 3.65. The van der Waals surface area contributed by atoms with Gasteiger partial charge in [0.2, 0.25) is 0 Å². The van der Waals surface area contributed by atoms with Gasteiger partial charge in [-0.1, -0.05) is 30.3 Å². The van der Waals surface area contributed by atoms with Gasteiger partial charge < -0.3 is 9.84 Å². The lowest BCUT2D eigenvalue weighted by molar-refractivity contribution is -0.135. The zero-order valence-electron chi connectivity index (χ0n) is 12.0. The molecule has 1 fully saturated rings. The van der Waals surface area contributed by atoms with Crippen molar-refractivity contribution in [3.05, 3.63) is 60.2 Å². The highest BCUT2D eigenvalue weighted by molar-refractivity contribution is 6.18. The SMILES string of the molecule is COc1ccc(N2C(=O)[C@@H](O)[C@H]2C(=O)c2ccccc2)cc1. The molecule has 1 amide bonds. The second-order valence-corrected chi connectivity index (χ2v) is 5.03. The highest BCUT2D eigenvalue weighted by Gasteiger charge is 2.51. The molecular weight excluding hydrogens is 282 g/mol. The number of aliphatic hydroxyl groups is 1. The van der Waals surface area contributed by atoms with Crippen LogP contribution in [-0.4, -0.2) is 36.1 Å². The maximum atomic E-state index is 12.5. The number of carbonyl (C=O) groups is 2. The van der Waals surface area contributed by atoms with Crippen LogP contribution in [0.5, 0.6) is 5.75 Å². The van der Waals surface area contributed by atoms with E-state index in [0.717, 1.165) is 0 Å². The molecule has 1 saturated heterocycles. The van der Waals surface area contributed by atoms with E-state index in [4.69, 9.17) is 4.74 Å². The van der Waals surface area contributed by atoms with E-state index in [-0.39, 0.29) is 5.78 Å². The average Bonchev–Trinajstić information content (AvgIpc) is 2.59. The zero-order chi connectivity index (χ0) is 15.7. The number of ether oxygens (including phenoxy) is 1. The summed E-state index contributed by atoms with van der Waals surface area (Å²) in [6, 6.07) is 14.5. The van der Waals surface area contributed by atoms with Crippen molar-refractivity contribution in [1.82, 2.24) is 0 Å². The number of benzene rings is 2. The van der Waals surface area contributed by atoms with Crippen LogP contribution >= 0.6 is 0 Å². The predicted molar refractivity (Wildman–Crippen MR) is 81.0 cm³/mol. The first-order valence-electron chi connectivity index (χ1n) is 6.88. The van der Waals surface area contributed by atoms with Crippen LogP contribution in [0.4, 0.5) is 5.69 Å². The molecule has 0 aliphatic carbocycles. The second kappa shape index (κ2) is 5.61. The van der Waals surface area contributed by atoms with Gasteiger partial charge in [-0.15, -0.1) is 0 Å². The van der Waals surface area contributed by atoms with E-state index in [2.05, 4.69) is 0 Å². The van der Waals surface area contributed by atoms with Crippen LogP contribution in [0.15, 0.2) is 54.6 Å². The summed E-state index contributed by atoms with van der Waals surface area (Å²) in [7, 11) is 1.55. The Bertz CT molecular complexity index is 696. The van der Waals surface area contributed by atoms with E-state index in [1.165, 1.54) is 4.90 Å². The molecule has 22 heavy (non-hydrogen) atoms. The molecule has 0 unspecified atom stereocenters. The minimum atomic E-state index is -1.30. The number of rotatable bonds is 4. The maximum absolute atomic E-state index is 12.5. The quantitative estimate of drug-likeness (QED) is 0.688. The van der Waals surface area contributed by atoms with Crippen LogP contribution in [0.3, 0.4) is 0 Å². The van der Waals surface area contributed by atoms with Crippen molar-refractivity contribution in [1.29, 1.82) is 0 Å². The molecule has 1 aliphatic heterocycles. The molecule has 1 N–H and O–H groups in total. The number of Topliss-reactive ketones (excluding diaryl/α,β-unsaturated/α-hetero) is 1. The van der Waals surface area contributed by atoms with E-state index in [9.17, 15) is 14.7 Å². The van der Waals surface area contributed by atoms with Crippen molar-refractivity contribution >= 4 is 17.4 Å². The standard InChI is InChI=1S/C17H15NO4/c1-22-13-9-7-12(8-10-13)18-14(16(20)17(18)21)15(19)11-5-3-2-4-6-11/h2-10,14,16,20H,1H3/t14-,16+/m1/s1. The first-order chi connectivity index (χ1) is 10.6. The Morgan fingerprint density at radius 3 is 2.32 bits per heavy atom. The van der Waals surface area contributed by atoms with Gasteiger partial charge in [0.15, 0.2) is 11.9 Å². The van der Waals surface area contributed by atoms with Gasteiger partial charge in [-0.05, 0) is 24.3 Å². The van der Waals surface area contributed by atoms with Crippen molar-refractivity contribution in [3.63, 3.8) is 0 Å². The maximum Gasteiger partial charge on any atom is 0.259 e. The van der Waals surface area contributed by atoms with Crippen molar-refractivity contribution < 1.29 is 19.4 Å². The fourth-order valence-corrected chi connectivity index (χ4v) is 2.54. The second-order valence-electron chi connectivity index (χ2n) is 5.03. The van der Waals surface area contributed by atoms with Gasteiger partial charge in [0, 0.05) is 11.3 Å². The van der Waals surface area contributed by atoms with Crippen molar-refractivity contribution in [2.75, 3.05) is 12.0 Å². The van der Waals surface area contributed by atoms with E-state index < -0.39 is 18.1 Å². The number of carbonyl (C=O) groups excluding carboxylic acids is 2. The number of hydrogen-bond donors (Lipinski definition) is 1. The molecule has 2 atom stereocenters. The van der Waals surface area contributed by atoms with E-state index in [0.29, 0.717) is 17.0 Å². The summed E-state index contributed by atoms with van der Waals surface area (Å²) in [5, 5.41) is 9.90. The monoisotopic (exact) mass is 297 g/mol. The van der Waals surface area contributed by atoms with Gasteiger partial charge in [-0.2, -0.15) is 0 Å². The highest BCUT2D eigenvalue weighted by Crippen LogP contribution is 2.31. The molecular formula is C17H15NO4. The molecule has 112 valence electrons. The number of β-lactam (4-membered cyclic amide) rings is 1. The smallest absolute Gasteiger partial charge is 0.259 e.